The molecular formula is C26H50O2Si2. The number of unbranched alkanes of at least 4 members (excludes halogenated alkanes) is 3. The second kappa shape index (κ2) is 12.4. The summed E-state index contributed by atoms with van der Waals surface area (Å²) >= 11 is 0. The van der Waals surface area contributed by atoms with Gasteiger partial charge in [-0.3, -0.25) is 0 Å². The van der Waals surface area contributed by atoms with Gasteiger partial charge in [0.2, 0.25) is 0 Å². The molecule has 0 saturated heterocycles. The number of allylic oxidation sites excluding steroid dienone is 2. The van der Waals surface area contributed by atoms with Crippen LogP contribution in [0.25, 0.3) is 0 Å². The van der Waals surface area contributed by atoms with Gasteiger partial charge in [-0.15, -0.1) is 6.42 Å². The van der Waals surface area contributed by atoms with Crippen LogP contribution in [-0.4, -0.2) is 28.8 Å². The third-order valence-electron chi connectivity index (χ3n) is 6.75. The van der Waals surface area contributed by atoms with E-state index in [0.717, 1.165) is 12.8 Å². The highest BCUT2D eigenvalue weighted by Gasteiger charge is 2.43. The number of hydrogen-bond acceptors (Lipinski definition) is 2. The Kier molecular flexibility index (Phi) is 12.2. The number of hydrogen-bond donors (Lipinski definition) is 0. The predicted molar refractivity (Wildman–Crippen MR) is 140 cm³/mol. The first-order valence-electron chi connectivity index (χ1n) is 11.7. The largest absolute Gasteiger partial charge is 0.411 e. The van der Waals surface area contributed by atoms with E-state index in [1.165, 1.54) is 19.3 Å². The van der Waals surface area contributed by atoms with Crippen LogP contribution in [0, 0.1) is 12.3 Å². The Morgan fingerprint density at radius 1 is 0.867 bits per heavy atom. The van der Waals surface area contributed by atoms with Gasteiger partial charge >= 0.3 is 0 Å². The summed E-state index contributed by atoms with van der Waals surface area (Å²) in [6.07, 6.45) is 19.6. The molecule has 174 valence electrons. The van der Waals surface area contributed by atoms with Gasteiger partial charge in [-0.2, -0.15) is 0 Å². The maximum atomic E-state index is 6.91. The molecule has 0 fully saturated rings. The van der Waals surface area contributed by atoms with Gasteiger partial charge in [0.1, 0.15) is 0 Å². The molecule has 0 aromatic heterocycles. The average molecular weight is 451 g/mol. The monoisotopic (exact) mass is 450 g/mol. The molecule has 0 unspecified atom stereocenters. The van der Waals surface area contributed by atoms with Crippen LogP contribution in [0.2, 0.25) is 36.3 Å². The molecule has 0 aliphatic heterocycles. The van der Waals surface area contributed by atoms with E-state index in [1.807, 2.05) is 6.08 Å². The fourth-order valence-corrected chi connectivity index (χ4v) is 5.18. The van der Waals surface area contributed by atoms with Crippen LogP contribution < -0.4 is 0 Å². The summed E-state index contributed by atoms with van der Waals surface area (Å²) in [7, 11) is -3.93. The molecule has 0 aliphatic rings. The molecule has 0 aliphatic carbocycles. The van der Waals surface area contributed by atoms with E-state index in [0.29, 0.717) is 0 Å². The summed E-state index contributed by atoms with van der Waals surface area (Å²) in [4.78, 5) is 0. The first-order chi connectivity index (χ1) is 13.6. The van der Waals surface area contributed by atoms with E-state index in [1.54, 1.807) is 6.08 Å². The van der Waals surface area contributed by atoms with Crippen LogP contribution in [0.4, 0.5) is 0 Å². The lowest BCUT2D eigenvalue weighted by Crippen LogP contribution is -2.51. The van der Waals surface area contributed by atoms with Gasteiger partial charge in [0.25, 0.3) is 0 Å². The van der Waals surface area contributed by atoms with Gasteiger partial charge in [-0.05, 0) is 67.7 Å². The van der Waals surface area contributed by atoms with Crippen LogP contribution >= 0.6 is 0 Å². The van der Waals surface area contributed by atoms with Crippen molar-refractivity contribution in [1.82, 2.24) is 0 Å². The van der Waals surface area contributed by atoms with Gasteiger partial charge in [0.15, 0.2) is 16.6 Å². The summed E-state index contributed by atoms with van der Waals surface area (Å²) < 4.78 is 13.8. The summed E-state index contributed by atoms with van der Waals surface area (Å²) in [6.45, 7) is 25.2. The molecule has 2 nitrogen and oxygen atoms in total. The maximum Gasteiger partial charge on any atom is 0.193 e. The van der Waals surface area contributed by atoms with Gasteiger partial charge in [-0.1, -0.05) is 79.4 Å². The van der Waals surface area contributed by atoms with Crippen molar-refractivity contribution < 1.29 is 8.85 Å². The van der Waals surface area contributed by atoms with Crippen LogP contribution in [0.3, 0.4) is 0 Å². The molecule has 0 aromatic carbocycles. The lowest BCUT2D eigenvalue weighted by Gasteiger charge is -2.44. The summed E-state index contributed by atoms with van der Waals surface area (Å²) in [6, 6.07) is 0. The van der Waals surface area contributed by atoms with Crippen LogP contribution in [-0.2, 0) is 8.85 Å². The zero-order valence-corrected chi connectivity index (χ0v) is 23.9. The summed E-state index contributed by atoms with van der Waals surface area (Å²) in [5, 5.41) is 0.278. The topological polar surface area (TPSA) is 18.5 Å². The highest BCUT2D eigenvalue weighted by Crippen LogP contribution is 2.41. The maximum absolute atomic E-state index is 6.91. The quantitative estimate of drug-likeness (QED) is 0.128. The molecule has 0 N–H and O–H groups in total. The number of rotatable bonds is 12. The standard InChI is InChI=1S/C26H50O2Si2/c1-13-15-17-18-19-20-22-24(28-30(11,12)26(6,7)8)23(21-16-14-2)27-29(9,10)25(3,4)5/h2,16,19-21,23-24H,13,15,17-18,22H2,1,3-12H3/b20-19-,21-16+/t23-,24+/m1/s1. The van der Waals surface area contributed by atoms with Crippen molar-refractivity contribution in [3.8, 4) is 12.3 Å². The van der Waals surface area contributed by atoms with Gasteiger partial charge in [0, 0.05) is 0 Å². The molecule has 0 heterocycles. The average Bonchev–Trinajstić information content (AvgIpc) is 2.58. The molecular weight excluding hydrogens is 400 g/mol. The first kappa shape index (κ1) is 29.4. The Morgan fingerprint density at radius 2 is 1.40 bits per heavy atom. The molecule has 0 saturated carbocycles. The number of terminal acetylenes is 1. The van der Waals surface area contributed by atoms with Crippen LogP contribution in [0.5, 0.6) is 0 Å². The summed E-state index contributed by atoms with van der Waals surface area (Å²) in [5.74, 6) is 2.65. The van der Waals surface area contributed by atoms with Crippen molar-refractivity contribution in [3.05, 3.63) is 24.3 Å². The van der Waals surface area contributed by atoms with E-state index in [9.17, 15) is 0 Å². The minimum absolute atomic E-state index is 0.0213. The SMILES string of the molecule is C#C/C=C/[C@@H](O[Si](C)(C)C(C)(C)C)[C@H](C/C=C\CCCCC)O[Si](C)(C)C(C)(C)C. The Balaban J connectivity index is 5.79. The van der Waals surface area contributed by atoms with Crippen molar-refractivity contribution in [1.29, 1.82) is 0 Å². The van der Waals surface area contributed by atoms with Gasteiger partial charge < -0.3 is 8.85 Å². The Morgan fingerprint density at radius 3 is 1.87 bits per heavy atom. The predicted octanol–water partition coefficient (Wildman–Crippen LogP) is 8.48. The molecule has 2 atom stereocenters. The van der Waals surface area contributed by atoms with Crippen molar-refractivity contribution in [3.63, 3.8) is 0 Å². The molecule has 30 heavy (non-hydrogen) atoms. The van der Waals surface area contributed by atoms with Crippen LogP contribution in [0.1, 0.15) is 80.6 Å². The minimum atomic E-state index is -1.98. The second-order valence-electron chi connectivity index (χ2n) is 11.5. The van der Waals surface area contributed by atoms with Crippen molar-refractivity contribution in [2.24, 2.45) is 0 Å². The zero-order chi connectivity index (χ0) is 23.6. The van der Waals surface area contributed by atoms with E-state index < -0.39 is 16.6 Å². The van der Waals surface area contributed by atoms with Gasteiger partial charge in [-0.25, -0.2) is 0 Å². The molecule has 0 rings (SSSR count). The lowest BCUT2D eigenvalue weighted by atomic mass is 10.1. The molecule has 0 radical (unpaired) electrons. The molecule has 0 spiro atoms. The van der Waals surface area contributed by atoms with Gasteiger partial charge in [0.05, 0.1) is 12.2 Å². The summed E-state index contributed by atoms with van der Waals surface area (Å²) in [5.41, 5.74) is 0. The normalized spacial score (nSPS) is 16.2. The molecule has 0 aromatic rings. The van der Waals surface area contributed by atoms with Crippen molar-refractivity contribution in [2.45, 2.75) is 129 Å². The third-order valence-corrected chi connectivity index (χ3v) is 15.7. The fourth-order valence-electron chi connectivity index (χ4n) is 2.57. The first-order valence-corrected chi connectivity index (χ1v) is 17.5. The van der Waals surface area contributed by atoms with Crippen molar-refractivity contribution >= 4 is 16.6 Å². The van der Waals surface area contributed by atoms with E-state index in [-0.39, 0.29) is 22.3 Å². The van der Waals surface area contributed by atoms with Crippen molar-refractivity contribution in [2.75, 3.05) is 0 Å². The highest BCUT2D eigenvalue weighted by atomic mass is 28.4. The lowest BCUT2D eigenvalue weighted by molar-refractivity contribution is 0.0654. The zero-order valence-electron chi connectivity index (χ0n) is 21.9. The fraction of sp³-hybridized carbons (Fsp3) is 0.769. The minimum Gasteiger partial charge on any atom is -0.411 e. The molecule has 4 heteroatoms. The Bertz CT molecular complexity index is 584. The third kappa shape index (κ3) is 10.1. The smallest absolute Gasteiger partial charge is 0.193 e. The van der Waals surface area contributed by atoms with E-state index in [2.05, 4.69) is 92.7 Å². The molecule has 0 bridgehead atoms. The van der Waals surface area contributed by atoms with E-state index >= 15 is 0 Å². The Hall–Kier alpha value is -0.606. The highest BCUT2D eigenvalue weighted by molar-refractivity contribution is 6.74. The van der Waals surface area contributed by atoms with E-state index in [4.69, 9.17) is 15.3 Å². The Labute approximate surface area is 191 Å². The van der Waals surface area contributed by atoms with Crippen LogP contribution in [0.15, 0.2) is 24.3 Å². The molecule has 0 amide bonds. The second-order valence-corrected chi connectivity index (χ2v) is 21.0.